The van der Waals surface area contributed by atoms with Crippen molar-refractivity contribution in [1.29, 1.82) is 0 Å². The maximum Gasteiger partial charge on any atom is 0.141 e. The van der Waals surface area contributed by atoms with Gasteiger partial charge in [-0.15, -0.1) is 0 Å². The van der Waals surface area contributed by atoms with E-state index in [0.717, 1.165) is 22.6 Å². The van der Waals surface area contributed by atoms with Crippen LogP contribution in [0.15, 0.2) is 36.4 Å². The first kappa shape index (κ1) is 15.0. The summed E-state index contributed by atoms with van der Waals surface area (Å²) < 4.78 is 5.37. The smallest absolute Gasteiger partial charge is 0.141 e. The lowest BCUT2D eigenvalue weighted by molar-refractivity contribution is 0.416. The van der Waals surface area contributed by atoms with Gasteiger partial charge in [-0.05, 0) is 55.3 Å². The van der Waals surface area contributed by atoms with Crippen LogP contribution in [0.5, 0.6) is 5.75 Å². The molecule has 0 aliphatic rings. The third-order valence-corrected chi connectivity index (χ3v) is 3.73. The summed E-state index contributed by atoms with van der Waals surface area (Å²) >= 11 is 12.3. The van der Waals surface area contributed by atoms with E-state index in [4.69, 9.17) is 27.9 Å². The maximum absolute atomic E-state index is 6.23. The summed E-state index contributed by atoms with van der Waals surface area (Å²) in [6.07, 6.45) is 0. The highest BCUT2D eigenvalue weighted by molar-refractivity contribution is 6.33. The molecule has 0 saturated carbocycles. The molecular formula is C16H17Cl2NO. The number of ether oxygens (including phenoxy) is 1. The number of aryl methyl sites for hydroxylation is 1. The van der Waals surface area contributed by atoms with Crippen molar-refractivity contribution >= 4 is 28.9 Å². The van der Waals surface area contributed by atoms with Gasteiger partial charge in [0.15, 0.2) is 0 Å². The van der Waals surface area contributed by atoms with Crippen molar-refractivity contribution in [1.82, 2.24) is 0 Å². The Hall–Kier alpha value is -1.38. The van der Waals surface area contributed by atoms with Crippen molar-refractivity contribution in [3.05, 3.63) is 57.6 Å². The lowest BCUT2D eigenvalue weighted by atomic mass is 10.1. The zero-order valence-corrected chi connectivity index (χ0v) is 13.2. The first-order valence-corrected chi connectivity index (χ1v) is 7.13. The minimum absolute atomic E-state index is 0.0249. The van der Waals surface area contributed by atoms with Gasteiger partial charge in [0.1, 0.15) is 5.75 Å². The summed E-state index contributed by atoms with van der Waals surface area (Å²) in [5.74, 6) is 0.806. The fourth-order valence-corrected chi connectivity index (χ4v) is 2.55. The first-order chi connectivity index (χ1) is 9.51. The monoisotopic (exact) mass is 309 g/mol. The van der Waals surface area contributed by atoms with Crippen LogP contribution < -0.4 is 10.1 Å². The minimum atomic E-state index is 0.0249. The van der Waals surface area contributed by atoms with E-state index in [9.17, 15) is 0 Å². The van der Waals surface area contributed by atoms with Crippen molar-refractivity contribution < 1.29 is 4.74 Å². The largest absolute Gasteiger partial charge is 0.495 e. The van der Waals surface area contributed by atoms with Crippen molar-refractivity contribution in [3.63, 3.8) is 0 Å². The van der Waals surface area contributed by atoms with Gasteiger partial charge in [-0.2, -0.15) is 0 Å². The molecule has 0 spiro atoms. The molecule has 0 bridgehead atoms. The molecule has 2 nitrogen and oxygen atoms in total. The topological polar surface area (TPSA) is 21.3 Å². The maximum atomic E-state index is 6.23. The van der Waals surface area contributed by atoms with Crippen LogP contribution in [0.4, 0.5) is 5.69 Å². The predicted octanol–water partition coefficient (Wildman–Crippen LogP) is 5.48. The normalized spacial score (nSPS) is 12.1. The number of halogens is 2. The molecule has 2 aromatic carbocycles. The van der Waals surface area contributed by atoms with E-state index < -0.39 is 0 Å². The van der Waals surface area contributed by atoms with E-state index in [1.807, 2.05) is 44.2 Å². The molecule has 0 heterocycles. The molecule has 0 aromatic heterocycles. The second kappa shape index (κ2) is 6.38. The summed E-state index contributed by atoms with van der Waals surface area (Å²) in [5, 5.41) is 4.79. The molecule has 0 saturated heterocycles. The van der Waals surface area contributed by atoms with Gasteiger partial charge in [0, 0.05) is 10.0 Å². The molecule has 0 amide bonds. The third kappa shape index (κ3) is 3.38. The van der Waals surface area contributed by atoms with E-state index >= 15 is 0 Å². The number of hydrogen-bond acceptors (Lipinski definition) is 2. The van der Waals surface area contributed by atoms with Gasteiger partial charge < -0.3 is 10.1 Å². The fourth-order valence-electron chi connectivity index (χ4n) is 2.09. The van der Waals surface area contributed by atoms with Crippen molar-refractivity contribution in [2.45, 2.75) is 19.9 Å². The molecule has 1 atom stereocenters. The molecule has 0 radical (unpaired) electrons. The van der Waals surface area contributed by atoms with E-state index in [1.165, 1.54) is 0 Å². The van der Waals surface area contributed by atoms with Crippen LogP contribution in [0.25, 0.3) is 0 Å². The van der Waals surface area contributed by atoms with Crippen molar-refractivity contribution in [3.8, 4) is 5.75 Å². The molecule has 4 heteroatoms. The molecule has 106 valence electrons. The Morgan fingerprint density at radius 3 is 2.55 bits per heavy atom. The Labute approximate surface area is 129 Å². The average Bonchev–Trinajstić information content (AvgIpc) is 2.41. The van der Waals surface area contributed by atoms with E-state index in [-0.39, 0.29) is 6.04 Å². The van der Waals surface area contributed by atoms with E-state index in [2.05, 4.69) is 5.32 Å². The van der Waals surface area contributed by atoms with Crippen LogP contribution in [0.1, 0.15) is 24.1 Å². The lowest BCUT2D eigenvalue weighted by Gasteiger charge is -2.19. The standard InChI is InChI=1S/C16H17Cl2NO/c1-10-4-7-16(20-3)15(8-10)19-11(2)13-9-12(17)5-6-14(13)18/h4-9,11,19H,1-3H3. The summed E-state index contributed by atoms with van der Waals surface area (Å²) in [4.78, 5) is 0. The molecule has 20 heavy (non-hydrogen) atoms. The zero-order valence-electron chi connectivity index (χ0n) is 11.7. The van der Waals surface area contributed by atoms with Gasteiger partial charge in [-0.1, -0.05) is 29.3 Å². The number of anilines is 1. The van der Waals surface area contributed by atoms with Crippen LogP contribution in [0, 0.1) is 6.92 Å². The summed E-state index contributed by atoms with van der Waals surface area (Å²) in [7, 11) is 1.66. The lowest BCUT2D eigenvalue weighted by Crippen LogP contribution is -2.08. The van der Waals surface area contributed by atoms with E-state index in [1.54, 1.807) is 13.2 Å². The Kier molecular flexibility index (Phi) is 4.79. The first-order valence-electron chi connectivity index (χ1n) is 6.37. The number of benzene rings is 2. The predicted molar refractivity (Wildman–Crippen MR) is 86.2 cm³/mol. The van der Waals surface area contributed by atoms with Gasteiger partial charge in [0.25, 0.3) is 0 Å². The highest BCUT2D eigenvalue weighted by atomic mass is 35.5. The van der Waals surface area contributed by atoms with Crippen molar-refractivity contribution in [2.75, 3.05) is 12.4 Å². The molecular weight excluding hydrogens is 293 g/mol. The van der Waals surface area contributed by atoms with Gasteiger partial charge in [0.05, 0.1) is 18.8 Å². The second-order valence-electron chi connectivity index (χ2n) is 4.74. The average molecular weight is 310 g/mol. The highest BCUT2D eigenvalue weighted by Crippen LogP contribution is 2.32. The van der Waals surface area contributed by atoms with Gasteiger partial charge in [-0.25, -0.2) is 0 Å². The van der Waals surface area contributed by atoms with Gasteiger partial charge >= 0.3 is 0 Å². The molecule has 1 unspecified atom stereocenters. The SMILES string of the molecule is COc1ccc(C)cc1NC(C)c1cc(Cl)ccc1Cl. The van der Waals surface area contributed by atoms with Crippen LogP contribution in [-0.4, -0.2) is 7.11 Å². The summed E-state index contributed by atoms with van der Waals surface area (Å²) in [6.45, 7) is 4.08. The third-order valence-electron chi connectivity index (χ3n) is 3.15. The van der Waals surface area contributed by atoms with Crippen LogP contribution in [0.2, 0.25) is 10.0 Å². The molecule has 1 N–H and O–H groups in total. The van der Waals surface area contributed by atoms with Crippen molar-refractivity contribution in [2.24, 2.45) is 0 Å². The minimum Gasteiger partial charge on any atom is -0.495 e. The van der Waals surface area contributed by atoms with Gasteiger partial charge in [0.2, 0.25) is 0 Å². The highest BCUT2D eigenvalue weighted by Gasteiger charge is 2.12. The van der Waals surface area contributed by atoms with Crippen LogP contribution in [0.3, 0.4) is 0 Å². The Morgan fingerprint density at radius 2 is 1.85 bits per heavy atom. The molecule has 0 aliphatic carbocycles. The Bertz CT molecular complexity index is 613. The summed E-state index contributed by atoms with van der Waals surface area (Å²) in [6, 6.07) is 11.5. The number of hydrogen-bond donors (Lipinski definition) is 1. The zero-order chi connectivity index (χ0) is 14.7. The molecule has 0 fully saturated rings. The Balaban J connectivity index is 2.29. The summed E-state index contributed by atoms with van der Waals surface area (Å²) in [5.41, 5.74) is 3.07. The quantitative estimate of drug-likeness (QED) is 0.807. The number of rotatable bonds is 4. The molecule has 2 aromatic rings. The number of methoxy groups -OCH3 is 1. The molecule has 0 aliphatic heterocycles. The Morgan fingerprint density at radius 1 is 1.10 bits per heavy atom. The van der Waals surface area contributed by atoms with Crippen LogP contribution in [-0.2, 0) is 0 Å². The second-order valence-corrected chi connectivity index (χ2v) is 5.58. The van der Waals surface area contributed by atoms with E-state index in [0.29, 0.717) is 10.0 Å². The molecule has 2 rings (SSSR count). The fraction of sp³-hybridized carbons (Fsp3) is 0.250. The van der Waals surface area contributed by atoms with Crippen LogP contribution >= 0.6 is 23.2 Å². The number of nitrogens with one attached hydrogen (secondary N) is 1. The van der Waals surface area contributed by atoms with Gasteiger partial charge in [-0.3, -0.25) is 0 Å².